The summed E-state index contributed by atoms with van der Waals surface area (Å²) < 4.78 is 13.0. The highest BCUT2D eigenvalue weighted by Gasteiger charge is 2.21. The number of aromatic nitrogens is 3. The van der Waals surface area contributed by atoms with Crippen molar-refractivity contribution in [3.8, 4) is 45.3 Å². The van der Waals surface area contributed by atoms with Crippen molar-refractivity contribution in [3.63, 3.8) is 0 Å². The van der Waals surface area contributed by atoms with Crippen molar-refractivity contribution in [2.75, 3.05) is 4.90 Å². The average Bonchev–Trinajstić information content (AvgIpc) is 3.90. The lowest BCUT2D eigenvalue weighted by atomic mass is 10.0. The maximum atomic E-state index is 6.74. The van der Waals surface area contributed by atoms with E-state index in [0.29, 0.717) is 17.5 Å². The second kappa shape index (κ2) is 14.2. The molecule has 3 aromatic heterocycles. The Bertz CT molecular complexity index is 3590. The highest BCUT2D eigenvalue weighted by molar-refractivity contribution is 6.13. The molecule has 6 nitrogen and oxygen atoms in total. The monoisotopic (exact) mass is 782 g/mol. The second-order valence-electron chi connectivity index (χ2n) is 15.2. The Kier molecular flexibility index (Phi) is 8.06. The van der Waals surface area contributed by atoms with Gasteiger partial charge in [-0.05, 0) is 76.5 Å². The van der Waals surface area contributed by atoms with Crippen LogP contribution in [-0.2, 0) is 0 Å². The minimum Gasteiger partial charge on any atom is -0.456 e. The third kappa shape index (κ3) is 6.00. The zero-order valence-corrected chi connectivity index (χ0v) is 32.7. The Labute approximate surface area is 350 Å². The first-order valence-electron chi connectivity index (χ1n) is 20.3. The fraction of sp³-hybridized carbons (Fsp3) is 0. The number of fused-ring (bicyclic) bond motifs is 7. The Morgan fingerprint density at radius 1 is 0.311 bits per heavy atom. The van der Waals surface area contributed by atoms with Gasteiger partial charge in [-0.3, -0.25) is 0 Å². The van der Waals surface area contributed by atoms with Crippen LogP contribution >= 0.6 is 0 Å². The fourth-order valence-corrected chi connectivity index (χ4v) is 8.63. The smallest absolute Gasteiger partial charge is 0.164 e. The third-order valence-electron chi connectivity index (χ3n) is 11.5. The van der Waals surface area contributed by atoms with Crippen LogP contribution in [0.4, 0.5) is 17.1 Å². The summed E-state index contributed by atoms with van der Waals surface area (Å²) in [5.74, 6) is 1.80. The normalized spacial score (nSPS) is 11.6. The number of benzene rings is 9. The molecule has 0 unspecified atom stereocenters. The van der Waals surface area contributed by atoms with Crippen molar-refractivity contribution in [1.82, 2.24) is 15.0 Å². The maximum absolute atomic E-state index is 6.74. The van der Waals surface area contributed by atoms with Crippen LogP contribution in [0.1, 0.15) is 0 Å². The van der Waals surface area contributed by atoms with Crippen molar-refractivity contribution in [2.45, 2.75) is 0 Å². The summed E-state index contributed by atoms with van der Waals surface area (Å²) in [7, 11) is 0. The summed E-state index contributed by atoms with van der Waals surface area (Å²) in [6.07, 6.45) is 0. The first kappa shape index (κ1) is 34.7. The van der Waals surface area contributed by atoms with Crippen molar-refractivity contribution >= 4 is 71.7 Å². The highest BCUT2D eigenvalue weighted by Crippen LogP contribution is 2.43. The maximum Gasteiger partial charge on any atom is 0.164 e. The minimum absolute atomic E-state index is 0.579. The van der Waals surface area contributed by atoms with E-state index in [1.807, 2.05) is 60.7 Å². The van der Waals surface area contributed by atoms with E-state index in [2.05, 4.69) is 150 Å². The van der Waals surface area contributed by atoms with Gasteiger partial charge in [0.05, 0.1) is 0 Å². The molecule has 0 saturated heterocycles. The van der Waals surface area contributed by atoms with Gasteiger partial charge in [-0.1, -0.05) is 146 Å². The number of para-hydroxylation sites is 1. The van der Waals surface area contributed by atoms with Crippen molar-refractivity contribution in [1.29, 1.82) is 0 Å². The number of hydrogen-bond donors (Lipinski definition) is 0. The van der Waals surface area contributed by atoms with Crippen LogP contribution in [0, 0.1) is 0 Å². The van der Waals surface area contributed by atoms with Gasteiger partial charge in [0.25, 0.3) is 0 Å². The molecule has 12 aromatic rings. The molecule has 0 fully saturated rings. The highest BCUT2D eigenvalue weighted by atomic mass is 16.3. The first-order chi connectivity index (χ1) is 30.2. The zero-order chi connectivity index (χ0) is 40.3. The largest absolute Gasteiger partial charge is 0.456 e. The van der Waals surface area contributed by atoms with Crippen LogP contribution in [-0.4, -0.2) is 15.0 Å². The fourth-order valence-electron chi connectivity index (χ4n) is 8.63. The summed E-state index contributed by atoms with van der Waals surface area (Å²) >= 11 is 0. The van der Waals surface area contributed by atoms with E-state index in [4.69, 9.17) is 23.8 Å². The molecule has 0 N–H and O–H groups in total. The van der Waals surface area contributed by atoms with E-state index in [0.717, 1.165) is 94.0 Å². The van der Waals surface area contributed by atoms with Gasteiger partial charge in [0.2, 0.25) is 0 Å². The summed E-state index contributed by atoms with van der Waals surface area (Å²) in [5, 5.41) is 6.27. The molecule has 0 saturated carbocycles. The van der Waals surface area contributed by atoms with E-state index in [-0.39, 0.29) is 0 Å². The Morgan fingerprint density at radius 3 is 1.70 bits per heavy atom. The lowest BCUT2D eigenvalue weighted by Gasteiger charge is -2.25. The average molecular weight is 783 g/mol. The topological polar surface area (TPSA) is 68.2 Å². The number of hydrogen-bond acceptors (Lipinski definition) is 6. The second-order valence-corrected chi connectivity index (χ2v) is 15.2. The molecule has 61 heavy (non-hydrogen) atoms. The third-order valence-corrected chi connectivity index (χ3v) is 11.5. The lowest BCUT2D eigenvalue weighted by molar-refractivity contribution is 0.668. The predicted molar refractivity (Wildman–Crippen MR) is 248 cm³/mol. The van der Waals surface area contributed by atoms with Gasteiger partial charge in [-0.25, -0.2) is 15.0 Å². The molecule has 0 aliphatic heterocycles. The van der Waals surface area contributed by atoms with Crippen LogP contribution in [0.15, 0.2) is 215 Å². The molecule has 3 heterocycles. The molecule has 0 spiro atoms. The number of nitrogens with zero attached hydrogens (tertiary/aromatic N) is 4. The number of rotatable bonds is 7. The predicted octanol–water partition coefficient (Wildman–Crippen LogP) is 15.0. The molecule has 0 aliphatic rings. The molecule has 0 bridgehead atoms. The standard InChI is InChI=1S/C55H34N4O2/c1-3-13-35(14-4-1)36-25-27-39(28-26-36)59(40-30-32-49-47(33-40)43-20-9-10-23-48(43)60-49)41-29-31-45-51(34-41)61-50-24-12-22-46(52(45)50)55-57-53(38-16-5-2-6-17-38)56-54(58-55)44-21-11-18-37-15-7-8-19-42(37)44/h1-34H. The summed E-state index contributed by atoms with van der Waals surface area (Å²) in [6.45, 7) is 0. The molecule has 9 aromatic carbocycles. The summed E-state index contributed by atoms with van der Waals surface area (Å²) in [6, 6.07) is 71.0. The van der Waals surface area contributed by atoms with Crippen LogP contribution in [0.3, 0.4) is 0 Å². The molecule has 0 radical (unpaired) electrons. The molecule has 286 valence electrons. The first-order valence-corrected chi connectivity index (χ1v) is 20.3. The number of furan rings is 2. The van der Waals surface area contributed by atoms with Crippen molar-refractivity contribution in [2.24, 2.45) is 0 Å². The van der Waals surface area contributed by atoms with E-state index < -0.39 is 0 Å². The van der Waals surface area contributed by atoms with Gasteiger partial charge >= 0.3 is 0 Å². The van der Waals surface area contributed by atoms with Crippen molar-refractivity contribution in [3.05, 3.63) is 206 Å². The Morgan fingerprint density at radius 2 is 0.869 bits per heavy atom. The van der Waals surface area contributed by atoms with Gasteiger partial charge in [-0.2, -0.15) is 0 Å². The molecule has 12 rings (SSSR count). The quantitative estimate of drug-likeness (QED) is 0.160. The van der Waals surface area contributed by atoms with E-state index >= 15 is 0 Å². The zero-order valence-electron chi connectivity index (χ0n) is 32.7. The molecule has 0 amide bonds. The molecule has 6 heteroatoms. The summed E-state index contributed by atoms with van der Waals surface area (Å²) in [5.41, 5.74) is 11.3. The molecular formula is C55H34N4O2. The number of anilines is 3. The Balaban J connectivity index is 1.03. The SMILES string of the molecule is c1ccc(-c2ccc(N(c3ccc4c(c3)oc3cccc(-c5nc(-c6ccccc6)nc(-c6cccc7ccccc67)n5)c34)c3ccc4oc5ccccc5c4c3)cc2)cc1. The minimum atomic E-state index is 0.579. The van der Waals surface area contributed by atoms with Gasteiger partial charge in [0, 0.05) is 61.4 Å². The van der Waals surface area contributed by atoms with Crippen LogP contribution < -0.4 is 4.90 Å². The van der Waals surface area contributed by atoms with E-state index in [9.17, 15) is 0 Å². The van der Waals surface area contributed by atoms with E-state index in [1.165, 1.54) is 5.56 Å². The molecule has 0 aliphatic carbocycles. The van der Waals surface area contributed by atoms with Gasteiger partial charge in [0.1, 0.15) is 22.3 Å². The van der Waals surface area contributed by atoms with Gasteiger partial charge in [0.15, 0.2) is 17.5 Å². The van der Waals surface area contributed by atoms with Crippen molar-refractivity contribution < 1.29 is 8.83 Å². The lowest BCUT2D eigenvalue weighted by Crippen LogP contribution is -2.09. The Hall–Kier alpha value is -8.35. The van der Waals surface area contributed by atoms with Crippen LogP contribution in [0.25, 0.3) is 99.9 Å². The molecular weight excluding hydrogens is 749 g/mol. The van der Waals surface area contributed by atoms with Gasteiger partial charge in [-0.15, -0.1) is 0 Å². The van der Waals surface area contributed by atoms with Gasteiger partial charge < -0.3 is 13.7 Å². The van der Waals surface area contributed by atoms with E-state index in [1.54, 1.807) is 0 Å². The molecule has 0 atom stereocenters. The summed E-state index contributed by atoms with van der Waals surface area (Å²) in [4.78, 5) is 17.7. The van der Waals surface area contributed by atoms with Crippen LogP contribution in [0.2, 0.25) is 0 Å². The van der Waals surface area contributed by atoms with Crippen LogP contribution in [0.5, 0.6) is 0 Å².